The van der Waals surface area contributed by atoms with Crippen molar-refractivity contribution in [2.24, 2.45) is 0 Å². The van der Waals surface area contributed by atoms with E-state index in [4.69, 9.17) is 28.5 Å². The Morgan fingerprint density at radius 3 is 2.54 bits per heavy atom. The number of halogens is 2. The molecule has 5 heteroatoms. The molecule has 0 saturated heterocycles. The minimum Gasteiger partial charge on any atom is -0.197 e. The highest BCUT2D eigenvalue weighted by atomic mass is 35.5. The highest BCUT2D eigenvalue weighted by molar-refractivity contribution is 6.31. The third-order valence-corrected chi connectivity index (χ3v) is 2.14. The van der Waals surface area contributed by atoms with E-state index in [1.54, 1.807) is 19.9 Å². The van der Waals surface area contributed by atoms with Crippen LogP contribution in [0.25, 0.3) is 0 Å². The van der Waals surface area contributed by atoms with E-state index in [-0.39, 0.29) is 10.3 Å². The zero-order valence-electron chi connectivity index (χ0n) is 7.17. The van der Waals surface area contributed by atoms with Gasteiger partial charge in [-0.05, 0) is 19.9 Å². The maximum atomic E-state index is 8.86. The van der Waals surface area contributed by atoms with Crippen LogP contribution in [0.3, 0.4) is 0 Å². The molecular formula is C8H7Cl2N3. The Balaban J connectivity index is 3.30. The standard InChI is InChI=1S/C8H7Cl2N3/c1-8(2,4-11)5-3-6(9)12-13-7(5)10/h3H,1-2H3. The fourth-order valence-electron chi connectivity index (χ4n) is 0.852. The quantitative estimate of drug-likeness (QED) is 0.724. The Kier molecular flexibility index (Phi) is 2.74. The van der Waals surface area contributed by atoms with Crippen molar-refractivity contribution in [2.45, 2.75) is 19.3 Å². The van der Waals surface area contributed by atoms with E-state index in [0.29, 0.717) is 5.56 Å². The van der Waals surface area contributed by atoms with Crippen molar-refractivity contribution in [3.05, 3.63) is 21.9 Å². The molecule has 68 valence electrons. The van der Waals surface area contributed by atoms with E-state index in [2.05, 4.69) is 16.3 Å². The first-order valence-corrected chi connectivity index (χ1v) is 4.33. The van der Waals surface area contributed by atoms with Gasteiger partial charge in [0, 0.05) is 5.56 Å². The first kappa shape index (κ1) is 10.2. The summed E-state index contributed by atoms with van der Waals surface area (Å²) in [7, 11) is 0. The first-order valence-electron chi connectivity index (χ1n) is 3.58. The highest BCUT2D eigenvalue weighted by Gasteiger charge is 2.24. The Bertz CT molecular complexity index is 368. The maximum absolute atomic E-state index is 8.86. The molecule has 0 aliphatic heterocycles. The Morgan fingerprint density at radius 2 is 2.00 bits per heavy atom. The second kappa shape index (κ2) is 3.49. The van der Waals surface area contributed by atoms with Crippen molar-refractivity contribution in [2.75, 3.05) is 0 Å². The SMILES string of the molecule is CC(C)(C#N)c1cc(Cl)nnc1Cl. The second-order valence-electron chi connectivity index (χ2n) is 3.11. The van der Waals surface area contributed by atoms with Gasteiger partial charge in [-0.25, -0.2) is 0 Å². The lowest BCUT2D eigenvalue weighted by Crippen LogP contribution is -2.15. The van der Waals surface area contributed by atoms with Gasteiger partial charge in [0.15, 0.2) is 10.3 Å². The molecule has 13 heavy (non-hydrogen) atoms. The normalized spacial score (nSPS) is 11.0. The number of hydrogen-bond acceptors (Lipinski definition) is 3. The van der Waals surface area contributed by atoms with Crippen LogP contribution in [0.15, 0.2) is 6.07 Å². The molecule has 0 saturated carbocycles. The lowest BCUT2D eigenvalue weighted by atomic mass is 9.88. The van der Waals surface area contributed by atoms with Crippen LogP contribution < -0.4 is 0 Å². The van der Waals surface area contributed by atoms with Crippen LogP contribution in [0.5, 0.6) is 0 Å². The number of rotatable bonds is 1. The molecule has 0 spiro atoms. The third-order valence-electron chi connectivity index (χ3n) is 1.67. The zero-order chi connectivity index (χ0) is 10.1. The summed E-state index contributed by atoms with van der Waals surface area (Å²) in [6, 6.07) is 3.67. The van der Waals surface area contributed by atoms with E-state index < -0.39 is 5.41 Å². The van der Waals surface area contributed by atoms with E-state index in [1.165, 1.54) is 0 Å². The van der Waals surface area contributed by atoms with Crippen LogP contribution in [-0.4, -0.2) is 10.2 Å². The van der Waals surface area contributed by atoms with Crippen molar-refractivity contribution in [1.82, 2.24) is 10.2 Å². The molecule has 0 aliphatic rings. The van der Waals surface area contributed by atoms with Gasteiger partial charge in [-0.15, -0.1) is 10.2 Å². The van der Waals surface area contributed by atoms with E-state index in [0.717, 1.165) is 0 Å². The van der Waals surface area contributed by atoms with Gasteiger partial charge in [-0.2, -0.15) is 5.26 Å². The number of aromatic nitrogens is 2. The van der Waals surface area contributed by atoms with Gasteiger partial charge in [0.1, 0.15) is 0 Å². The summed E-state index contributed by atoms with van der Waals surface area (Å²) in [6.07, 6.45) is 0. The first-order chi connectivity index (χ1) is 5.97. The van der Waals surface area contributed by atoms with Gasteiger partial charge < -0.3 is 0 Å². The van der Waals surface area contributed by atoms with Crippen molar-refractivity contribution in [3.8, 4) is 6.07 Å². The van der Waals surface area contributed by atoms with Crippen molar-refractivity contribution in [1.29, 1.82) is 5.26 Å². The summed E-state index contributed by atoms with van der Waals surface area (Å²) < 4.78 is 0. The van der Waals surface area contributed by atoms with E-state index in [9.17, 15) is 0 Å². The van der Waals surface area contributed by atoms with Crippen molar-refractivity contribution >= 4 is 23.2 Å². The largest absolute Gasteiger partial charge is 0.197 e. The molecule has 1 rings (SSSR count). The van der Waals surface area contributed by atoms with Crippen LogP contribution in [0.2, 0.25) is 10.3 Å². The van der Waals surface area contributed by atoms with E-state index >= 15 is 0 Å². The van der Waals surface area contributed by atoms with Gasteiger partial charge in [-0.1, -0.05) is 23.2 Å². The van der Waals surface area contributed by atoms with Gasteiger partial charge in [-0.3, -0.25) is 0 Å². The summed E-state index contributed by atoms with van der Waals surface area (Å²) >= 11 is 11.4. The molecule has 0 amide bonds. The van der Waals surface area contributed by atoms with Gasteiger partial charge in [0.25, 0.3) is 0 Å². The molecule has 0 aliphatic carbocycles. The molecule has 0 unspecified atom stereocenters. The predicted molar refractivity (Wildman–Crippen MR) is 50.7 cm³/mol. The lowest BCUT2D eigenvalue weighted by molar-refractivity contribution is 0.678. The molecule has 0 N–H and O–H groups in total. The molecule has 0 fully saturated rings. The Morgan fingerprint density at radius 1 is 1.38 bits per heavy atom. The zero-order valence-corrected chi connectivity index (χ0v) is 8.69. The molecular weight excluding hydrogens is 209 g/mol. The highest BCUT2D eigenvalue weighted by Crippen LogP contribution is 2.28. The Labute approximate surface area is 86.3 Å². The van der Waals surface area contributed by atoms with Crippen LogP contribution >= 0.6 is 23.2 Å². The monoisotopic (exact) mass is 215 g/mol. The fraction of sp³-hybridized carbons (Fsp3) is 0.375. The van der Waals surface area contributed by atoms with Crippen LogP contribution in [0, 0.1) is 11.3 Å². The predicted octanol–water partition coefficient (Wildman–Crippen LogP) is 2.58. The van der Waals surface area contributed by atoms with Gasteiger partial charge >= 0.3 is 0 Å². The summed E-state index contributed by atoms with van der Waals surface area (Å²) in [6.45, 7) is 3.48. The summed E-state index contributed by atoms with van der Waals surface area (Å²) in [4.78, 5) is 0. The average Bonchev–Trinajstić information content (AvgIpc) is 2.09. The molecule has 3 nitrogen and oxygen atoms in total. The lowest BCUT2D eigenvalue weighted by Gasteiger charge is -2.15. The summed E-state index contributed by atoms with van der Waals surface area (Å²) in [5.74, 6) is 0. The number of nitriles is 1. The molecule has 0 aromatic carbocycles. The summed E-state index contributed by atoms with van der Waals surface area (Å²) in [5.41, 5.74) is -0.104. The van der Waals surface area contributed by atoms with Crippen LogP contribution in [0.4, 0.5) is 0 Å². The topological polar surface area (TPSA) is 49.6 Å². The molecule has 1 aromatic rings. The van der Waals surface area contributed by atoms with E-state index in [1.807, 2.05) is 0 Å². The molecule has 0 atom stereocenters. The minimum absolute atomic E-state index is 0.218. The van der Waals surface area contributed by atoms with Gasteiger partial charge in [0.2, 0.25) is 0 Å². The minimum atomic E-state index is -0.698. The van der Waals surface area contributed by atoms with Crippen LogP contribution in [-0.2, 0) is 5.41 Å². The second-order valence-corrected chi connectivity index (χ2v) is 3.85. The molecule has 0 radical (unpaired) electrons. The van der Waals surface area contributed by atoms with Crippen molar-refractivity contribution < 1.29 is 0 Å². The molecule has 0 bridgehead atoms. The molecule has 1 aromatic heterocycles. The maximum Gasteiger partial charge on any atom is 0.156 e. The van der Waals surface area contributed by atoms with Gasteiger partial charge in [0.05, 0.1) is 11.5 Å². The van der Waals surface area contributed by atoms with Crippen LogP contribution in [0.1, 0.15) is 19.4 Å². The summed E-state index contributed by atoms with van der Waals surface area (Å²) in [5, 5.41) is 16.5. The smallest absolute Gasteiger partial charge is 0.156 e. The number of hydrogen-bond donors (Lipinski definition) is 0. The number of nitrogens with zero attached hydrogens (tertiary/aromatic N) is 3. The fourth-order valence-corrected chi connectivity index (χ4v) is 1.33. The Hall–Kier alpha value is -0.850. The third kappa shape index (κ3) is 2.09. The van der Waals surface area contributed by atoms with Crippen molar-refractivity contribution in [3.63, 3.8) is 0 Å². The average molecular weight is 216 g/mol. The molecule has 1 heterocycles.